The van der Waals surface area contributed by atoms with E-state index in [1.54, 1.807) is 19.9 Å². The maximum Gasteiger partial charge on any atom is 0.337 e. The minimum atomic E-state index is -2.11. The fourth-order valence-corrected chi connectivity index (χ4v) is 1.67. The van der Waals surface area contributed by atoms with E-state index in [2.05, 4.69) is 10.6 Å². The van der Waals surface area contributed by atoms with E-state index in [1.807, 2.05) is 0 Å². The van der Waals surface area contributed by atoms with Gasteiger partial charge < -0.3 is 20.8 Å². The summed E-state index contributed by atoms with van der Waals surface area (Å²) in [5, 5.41) is 33.7. The second kappa shape index (κ2) is 6.39. The Hall–Kier alpha value is -2.68. The predicted octanol–water partition coefficient (Wildman–Crippen LogP) is 1.17. The largest absolute Gasteiger partial charge is 0.479 e. The molecule has 0 heterocycles. The molecule has 1 rings (SSSR count). The molecule has 0 spiro atoms. The number of amides is 2. The summed E-state index contributed by atoms with van der Waals surface area (Å²) in [4.78, 5) is 32.7. The average Bonchev–Trinajstić information content (AvgIpc) is 2.39. The lowest BCUT2D eigenvalue weighted by Gasteiger charge is -2.18. The van der Waals surface area contributed by atoms with E-state index < -0.39 is 29.1 Å². The Balaban J connectivity index is 2.83. The molecule has 2 amide bonds. The number of aliphatic hydroxyl groups is 1. The maximum atomic E-state index is 11.7. The van der Waals surface area contributed by atoms with Gasteiger partial charge >= 0.3 is 12.0 Å². The number of aryl methyl sites for hydroxylation is 2. The molecule has 0 saturated carbocycles. The Kier molecular flexibility index (Phi) is 5.05. The van der Waals surface area contributed by atoms with Crippen molar-refractivity contribution in [3.8, 4) is 0 Å². The summed E-state index contributed by atoms with van der Waals surface area (Å²) in [6.07, 6.45) is 0. The summed E-state index contributed by atoms with van der Waals surface area (Å²) in [5.74, 6) is -1.48. The van der Waals surface area contributed by atoms with Crippen molar-refractivity contribution in [3.05, 3.63) is 33.4 Å². The lowest BCUT2D eigenvalue weighted by Crippen LogP contribution is -2.47. The molecule has 1 unspecified atom stereocenters. The van der Waals surface area contributed by atoms with Crippen LogP contribution in [-0.4, -0.2) is 39.3 Å². The Morgan fingerprint density at radius 2 is 1.91 bits per heavy atom. The third kappa shape index (κ3) is 4.16. The van der Waals surface area contributed by atoms with E-state index in [1.165, 1.54) is 6.07 Å². The van der Waals surface area contributed by atoms with Gasteiger partial charge in [0, 0.05) is 11.6 Å². The van der Waals surface area contributed by atoms with Gasteiger partial charge in [-0.05, 0) is 32.4 Å². The Morgan fingerprint density at radius 3 is 2.41 bits per heavy atom. The molecule has 0 bridgehead atoms. The molecule has 0 saturated heterocycles. The normalized spacial score (nSPS) is 13.1. The minimum absolute atomic E-state index is 0.140. The van der Waals surface area contributed by atoms with Crippen molar-refractivity contribution in [3.63, 3.8) is 0 Å². The van der Waals surface area contributed by atoms with Crippen LogP contribution in [0, 0.1) is 24.0 Å². The highest BCUT2D eigenvalue weighted by Gasteiger charge is 2.30. The number of nitrogens with one attached hydrogen (secondary N) is 2. The number of rotatable bonds is 5. The van der Waals surface area contributed by atoms with Crippen molar-refractivity contribution in [1.29, 1.82) is 0 Å². The predicted molar refractivity (Wildman–Crippen MR) is 77.9 cm³/mol. The number of hydrogen-bond donors (Lipinski definition) is 4. The van der Waals surface area contributed by atoms with Crippen molar-refractivity contribution < 1.29 is 24.7 Å². The van der Waals surface area contributed by atoms with Crippen LogP contribution in [0.4, 0.5) is 16.2 Å². The molecule has 0 aromatic heterocycles. The minimum Gasteiger partial charge on any atom is -0.479 e. The van der Waals surface area contributed by atoms with E-state index in [-0.39, 0.29) is 11.4 Å². The van der Waals surface area contributed by atoms with Gasteiger partial charge in [-0.25, -0.2) is 9.59 Å². The summed E-state index contributed by atoms with van der Waals surface area (Å²) >= 11 is 0. The highest BCUT2D eigenvalue weighted by atomic mass is 16.6. The first-order valence-electron chi connectivity index (χ1n) is 6.31. The number of aliphatic carboxylic acids is 1. The quantitative estimate of drug-likeness (QED) is 0.475. The van der Waals surface area contributed by atoms with Gasteiger partial charge in [0.15, 0.2) is 5.60 Å². The van der Waals surface area contributed by atoms with E-state index in [4.69, 9.17) is 5.11 Å². The Labute approximate surface area is 126 Å². The average molecular weight is 311 g/mol. The maximum absolute atomic E-state index is 11.7. The second-order valence-corrected chi connectivity index (χ2v) is 5.10. The highest BCUT2D eigenvalue weighted by Crippen LogP contribution is 2.26. The molecular formula is C13H17N3O6. The second-order valence-electron chi connectivity index (χ2n) is 5.10. The highest BCUT2D eigenvalue weighted by molar-refractivity contribution is 5.91. The number of urea groups is 1. The number of carbonyl (C=O) groups is 2. The van der Waals surface area contributed by atoms with Gasteiger partial charge in [-0.2, -0.15) is 0 Å². The van der Waals surface area contributed by atoms with E-state index in [9.17, 15) is 24.8 Å². The Bertz CT molecular complexity index is 626. The van der Waals surface area contributed by atoms with Crippen LogP contribution in [-0.2, 0) is 4.79 Å². The number of carboxylic acids is 1. The van der Waals surface area contributed by atoms with Crippen LogP contribution in [0.2, 0.25) is 0 Å². The molecular weight excluding hydrogens is 294 g/mol. The fourth-order valence-electron chi connectivity index (χ4n) is 1.67. The molecule has 1 aromatic carbocycles. The van der Waals surface area contributed by atoms with Crippen LogP contribution in [0.1, 0.15) is 18.1 Å². The van der Waals surface area contributed by atoms with Gasteiger partial charge in [0.1, 0.15) is 0 Å². The van der Waals surface area contributed by atoms with Crippen LogP contribution in [0.25, 0.3) is 0 Å². The summed E-state index contributed by atoms with van der Waals surface area (Å²) in [7, 11) is 0. The zero-order valence-electron chi connectivity index (χ0n) is 12.3. The number of anilines is 1. The monoisotopic (exact) mass is 311 g/mol. The lowest BCUT2D eigenvalue weighted by atomic mass is 10.1. The van der Waals surface area contributed by atoms with Gasteiger partial charge in [0.05, 0.1) is 17.2 Å². The molecule has 0 aliphatic carbocycles. The van der Waals surface area contributed by atoms with E-state index in [0.717, 1.165) is 6.92 Å². The molecule has 0 radical (unpaired) electrons. The number of carbonyl (C=O) groups excluding carboxylic acids is 1. The summed E-state index contributed by atoms with van der Waals surface area (Å²) < 4.78 is 0. The first-order valence-corrected chi connectivity index (χ1v) is 6.31. The molecule has 120 valence electrons. The number of benzene rings is 1. The molecule has 9 heteroatoms. The Morgan fingerprint density at radius 1 is 1.32 bits per heavy atom. The molecule has 9 nitrogen and oxygen atoms in total. The topological polar surface area (TPSA) is 142 Å². The van der Waals surface area contributed by atoms with Crippen LogP contribution in [0.15, 0.2) is 12.1 Å². The number of nitro groups is 1. The third-order valence-corrected chi connectivity index (χ3v) is 3.04. The van der Waals surface area contributed by atoms with Gasteiger partial charge in [-0.15, -0.1) is 0 Å². The molecule has 0 fully saturated rings. The molecule has 0 aliphatic rings. The number of hydrogen-bond acceptors (Lipinski definition) is 5. The smallest absolute Gasteiger partial charge is 0.337 e. The molecule has 1 atom stereocenters. The summed E-state index contributed by atoms with van der Waals surface area (Å²) in [6.45, 7) is 3.78. The van der Waals surface area contributed by atoms with Crippen molar-refractivity contribution in [2.75, 3.05) is 11.9 Å². The van der Waals surface area contributed by atoms with Crippen molar-refractivity contribution in [1.82, 2.24) is 5.32 Å². The fraction of sp³-hybridized carbons (Fsp3) is 0.385. The zero-order chi connectivity index (χ0) is 17.1. The SMILES string of the molecule is Cc1cc(C)c([N+](=O)[O-])cc1NC(=O)NCC(C)(O)C(=O)O. The number of nitrogens with zero attached hydrogens (tertiary/aromatic N) is 1. The first kappa shape index (κ1) is 17.4. The molecule has 4 N–H and O–H groups in total. The molecule has 1 aromatic rings. The van der Waals surface area contributed by atoms with E-state index in [0.29, 0.717) is 11.1 Å². The van der Waals surface area contributed by atoms with Gasteiger partial charge in [0.2, 0.25) is 0 Å². The number of nitro benzene ring substituents is 1. The molecule has 22 heavy (non-hydrogen) atoms. The van der Waals surface area contributed by atoms with Crippen LogP contribution in [0.3, 0.4) is 0 Å². The van der Waals surface area contributed by atoms with Crippen LogP contribution in [0.5, 0.6) is 0 Å². The van der Waals surface area contributed by atoms with Crippen LogP contribution >= 0.6 is 0 Å². The summed E-state index contributed by atoms with van der Waals surface area (Å²) in [5.41, 5.74) is -0.945. The van der Waals surface area contributed by atoms with Crippen LogP contribution < -0.4 is 10.6 Å². The lowest BCUT2D eigenvalue weighted by molar-refractivity contribution is -0.385. The van der Waals surface area contributed by atoms with Crippen molar-refractivity contribution in [2.24, 2.45) is 0 Å². The van der Waals surface area contributed by atoms with Gasteiger partial charge in [-0.3, -0.25) is 10.1 Å². The standard InChI is InChI=1S/C13H17N3O6/c1-7-4-8(2)10(16(21)22)5-9(7)15-12(19)14-6-13(3,20)11(17)18/h4-5,20H,6H2,1-3H3,(H,17,18)(H2,14,15,19). The third-order valence-electron chi connectivity index (χ3n) is 3.04. The zero-order valence-corrected chi connectivity index (χ0v) is 12.3. The van der Waals surface area contributed by atoms with Gasteiger partial charge in [-0.1, -0.05) is 0 Å². The summed E-state index contributed by atoms with van der Waals surface area (Å²) in [6, 6.07) is 2.00. The van der Waals surface area contributed by atoms with Crippen molar-refractivity contribution in [2.45, 2.75) is 26.4 Å². The number of carboxylic acid groups (broad SMARTS) is 1. The van der Waals surface area contributed by atoms with Crippen molar-refractivity contribution >= 4 is 23.4 Å². The first-order chi connectivity index (χ1) is 10.0. The van der Waals surface area contributed by atoms with E-state index >= 15 is 0 Å². The van der Waals surface area contributed by atoms with Gasteiger partial charge in [0.25, 0.3) is 5.69 Å². The molecule has 0 aliphatic heterocycles.